The molecule has 19 heavy (non-hydrogen) atoms. The number of aliphatic hydroxyl groups is 1. The molecule has 0 saturated heterocycles. The van der Waals surface area contributed by atoms with Crippen LogP contribution in [-0.4, -0.2) is 10.1 Å². The average molecular weight is 334 g/mol. The first kappa shape index (κ1) is 12.8. The number of thiophene rings is 1. The van der Waals surface area contributed by atoms with Crippen LogP contribution in [-0.2, 0) is 6.42 Å². The Morgan fingerprint density at radius 3 is 2.79 bits per heavy atom. The fraction of sp³-hybridized carbons (Fsp3) is 0.133. The van der Waals surface area contributed by atoms with E-state index in [0.29, 0.717) is 6.42 Å². The monoisotopic (exact) mass is 333 g/mol. The number of aromatic nitrogens is 1. The van der Waals surface area contributed by atoms with Crippen LogP contribution in [0.25, 0.3) is 10.9 Å². The molecule has 0 amide bonds. The highest BCUT2D eigenvalue weighted by Gasteiger charge is 2.13. The second kappa shape index (κ2) is 5.41. The Morgan fingerprint density at radius 1 is 1.16 bits per heavy atom. The van der Waals surface area contributed by atoms with Crippen molar-refractivity contribution in [1.82, 2.24) is 4.98 Å². The van der Waals surface area contributed by atoms with Crippen LogP contribution in [0.15, 0.2) is 52.4 Å². The summed E-state index contributed by atoms with van der Waals surface area (Å²) in [5.74, 6) is 0. The van der Waals surface area contributed by atoms with Gasteiger partial charge in [0.05, 0.1) is 15.4 Å². The van der Waals surface area contributed by atoms with Crippen molar-refractivity contribution in [2.24, 2.45) is 0 Å². The van der Waals surface area contributed by atoms with E-state index in [4.69, 9.17) is 0 Å². The van der Waals surface area contributed by atoms with Crippen molar-refractivity contribution in [2.75, 3.05) is 0 Å². The minimum Gasteiger partial charge on any atom is -0.388 e. The summed E-state index contributed by atoms with van der Waals surface area (Å²) in [4.78, 5) is 5.54. The summed E-state index contributed by atoms with van der Waals surface area (Å²) < 4.78 is 1.09. The van der Waals surface area contributed by atoms with Gasteiger partial charge in [-0.05, 0) is 34.1 Å². The van der Waals surface area contributed by atoms with Crippen LogP contribution in [0.3, 0.4) is 0 Å². The molecule has 0 aliphatic carbocycles. The van der Waals surface area contributed by atoms with Crippen LogP contribution in [0.2, 0.25) is 0 Å². The molecule has 0 spiro atoms. The highest BCUT2D eigenvalue weighted by molar-refractivity contribution is 9.11. The van der Waals surface area contributed by atoms with Gasteiger partial charge >= 0.3 is 0 Å². The van der Waals surface area contributed by atoms with E-state index in [2.05, 4.69) is 20.9 Å². The van der Waals surface area contributed by atoms with Crippen molar-refractivity contribution in [1.29, 1.82) is 0 Å². The predicted molar refractivity (Wildman–Crippen MR) is 82.4 cm³/mol. The first-order valence-corrected chi connectivity index (χ1v) is 7.61. The van der Waals surface area contributed by atoms with Gasteiger partial charge in [0.15, 0.2) is 0 Å². The van der Waals surface area contributed by atoms with Gasteiger partial charge in [-0.25, -0.2) is 0 Å². The van der Waals surface area contributed by atoms with Crippen LogP contribution < -0.4 is 0 Å². The summed E-state index contributed by atoms with van der Waals surface area (Å²) in [6.07, 6.45) is 1.86. The van der Waals surface area contributed by atoms with E-state index < -0.39 is 6.10 Å². The van der Waals surface area contributed by atoms with Crippen molar-refractivity contribution in [3.8, 4) is 0 Å². The Labute approximate surface area is 123 Å². The third-order valence-electron chi connectivity index (χ3n) is 3.05. The first-order chi connectivity index (χ1) is 9.24. The van der Waals surface area contributed by atoms with E-state index in [1.807, 2.05) is 42.5 Å². The number of rotatable bonds is 3. The molecule has 96 valence electrons. The number of halogens is 1. The van der Waals surface area contributed by atoms with Gasteiger partial charge in [0.2, 0.25) is 0 Å². The minimum absolute atomic E-state index is 0.524. The smallest absolute Gasteiger partial charge is 0.0859 e. The van der Waals surface area contributed by atoms with E-state index in [-0.39, 0.29) is 0 Å². The van der Waals surface area contributed by atoms with E-state index in [0.717, 1.165) is 25.1 Å². The van der Waals surface area contributed by atoms with Gasteiger partial charge in [-0.1, -0.05) is 24.3 Å². The molecule has 0 aliphatic heterocycles. The average Bonchev–Trinajstić information content (AvgIpc) is 2.83. The summed E-state index contributed by atoms with van der Waals surface area (Å²) in [5.41, 5.74) is 1.77. The molecular formula is C15H12BrNOS. The normalized spacial score (nSPS) is 12.7. The number of benzene rings is 1. The van der Waals surface area contributed by atoms with Crippen LogP contribution in [0.1, 0.15) is 16.5 Å². The van der Waals surface area contributed by atoms with E-state index >= 15 is 0 Å². The largest absolute Gasteiger partial charge is 0.388 e. The maximum atomic E-state index is 10.4. The van der Waals surface area contributed by atoms with E-state index in [1.165, 1.54) is 0 Å². The third-order valence-corrected chi connectivity index (χ3v) is 4.69. The number of hydrogen-bond donors (Lipinski definition) is 1. The van der Waals surface area contributed by atoms with Crippen LogP contribution >= 0.6 is 27.3 Å². The van der Waals surface area contributed by atoms with Gasteiger partial charge in [-0.15, -0.1) is 11.3 Å². The van der Waals surface area contributed by atoms with E-state index in [1.54, 1.807) is 17.5 Å². The second-order valence-electron chi connectivity index (χ2n) is 4.35. The Bertz CT molecular complexity index is 705. The number of fused-ring (bicyclic) bond motifs is 1. The molecule has 4 heteroatoms. The highest BCUT2D eigenvalue weighted by Crippen LogP contribution is 2.29. The molecule has 1 unspecified atom stereocenters. The molecular weight excluding hydrogens is 322 g/mol. The molecule has 2 aromatic heterocycles. The lowest BCUT2D eigenvalue weighted by molar-refractivity contribution is 0.181. The number of hydrogen-bond acceptors (Lipinski definition) is 3. The van der Waals surface area contributed by atoms with Gasteiger partial charge in [0.25, 0.3) is 0 Å². The Kier molecular flexibility index (Phi) is 3.64. The zero-order chi connectivity index (χ0) is 13.2. The molecule has 0 aliphatic rings. The van der Waals surface area contributed by atoms with Crippen molar-refractivity contribution in [3.63, 3.8) is 0 Å². The van der Waals surface area contributed by atoms with E-state index in [9.17, 15) is 5.11 Å². The Balaban J connectivity index is 1.95. The van der Waals surface area contributed by atoms with Gasteiger partial charge in [0, 0.05) is 28.4 Å². The maximum absolute atomic E-state index is 10.4. The first-order valence-electron chi connectivity index (χ1n) is 6.00. The lowest BCUT2D eigenvalue weighted by atomic mass is 10.0. The maximum Gasteiger partial charge on any atom is 0.0859 e. The topological polar surface area (TPSA) is 33.1 Å². The van der Waals surface area contributed by atoms with Crippen molar-refractivity contribution in [2.45, 2.75) is 12.5 Å². The molecule has 2 nitrogen and oxygen atoms in total. The Hall–Kier alpha value is -1.23. The molecule has 0 fully saturated rings. The van der Waals surface area contributed by atoms with Gasteiger partial charge < -0.3 is 5.11 Å². The zero-order valence-corrected chi connectivity index (χ0v) is 12.5. The lowest BCUT2D eigenvalue weighted by Crippen LogP contribution is -2.02. The van der Waals surface area contributed by atoms with Crippen LogP contribution in [0.4, 0.5) is 0 Å². The molecule has 1 aromatic carbocycles. The zero-order valence-electron chi connectivity index (χ0n) is 10.1. The summed E-state index contributed by atoms with van der Waals surface area (Å²) >= 11 is 5.10. The van der Waals surface area contributed by atoms with Crippen molar-refractivity contribution in [3.05, 3.63) is 62.9 Å². The number of pyridine rings is 1. The second-order valence-corrected chi connectivity index (χ2v) is 6.90. The van der Waals surface area contributed by atoms with Crippen LogP contribution in [0, 0.1) is 0 Å². The fourth-order valence-corrected chi connectivity index (χ4v) is 3.68. The number of nitrogens with zero attached hydrogens (tertiary/aromatic N) is 1. The summed E-state index contributed by atoms with van der Waals surface area (Å²) in [7, 11) is 0. The molecule has 0 bridgehead atoms. The summed E-state index contributed by atoms with van der Waals surface area (Å²) in [6, 6.07) is 13.9. The molecule has 1 N–H and O–H groups in total. The summed E-state index contributed by atoms with van der Waals surface area (Å²) in [5, 5.41) is 11.5. The predicted octanol–water partition coefficient (Wildman–Crippen LogP) is 4.33. The molecule has 0 saturated carbocycles. The minimum atomic E-state index is -0.524. The van der Waals surface area contributed by atoms with Crippen LogP contribution in [0.5, 0.6) is 0 Å². The summed E-state index contributed by atoms with van der Waals surface area (Å²) in [6.45, 7) is 0. The standard InChI is InChI=1S/C15H12BrNOS/c16-14-7-6-11(19-14)9-13(18)12-5-1-3-10-4-2-8-17-15(10)12/h1-8,13,18H,9H2. The Morgan fingerprint density at radius 2 is 2.00 bits per heavy atom. The molecule has 3 rings (SSSR count). The molecule has 3 aromatic rings. The highest BCUT2D eigenvalue weighted by atomic mass is 79.9. The van der Waals surface area contributed by atoms with Crippen molar-refractivity contribution < 1.29 is 5.11 Å². The number of aliphatic hydroxyl groups excluding tert-OH is 1. The SMILES string of the molecule is OC(Cc1ccc(Br)s1)c1cccc2cccnc12. The molecule has 0 radical (unpaired) electrons. The quantitative estimate of drug-likeness (QED) is 0.773. The molecule has 2 heterocycles. The van der Waals surface area contributed by atoms with Gasteiger partial charge in [0.1, 0.15) is 0 Å². The van der Waals surface area contributed by atoms with Gasteiger partial charge in [-0.3, -0.25) is 4.98 Å². The number of para-hydroxylation sites is 1. The molecule has 1 atom stereocenters. The lowest BCUT2D eigenvalue weighted by Gasteiger charge is -2.12. The third kappa shape index (κ3) is 2.71. The van der Waals surface area contributed by atoms with Crippen molar-refractivity contribution >= 4 is 38.2 Å². The fourth-order valence-electron chi connectivity index (χ4n) is 2.16. The van der Waals surface area contributed by atoms with Gasteiger partial charge in [-0.2, -0.15) is 0 Å².